The molecule has 18 heavy (non-hydrogen) atoms. The molecule has 0 atom stereocenters. The molecule has 0 aliphatic rings. The lowest BCUT2D eigenvalue weighted by atomic mass is 10.3. The molecular formula is C9H8BrIN4O2S. The molecule has 0 saturated heterocycles. The Morgan fingerprint density at radius 3 is 2.44 bits per heavy atom. The standard InChI is InChI=1S/C9H8BrIN4O2S/c1-15-9(8(10)12-14-15)18(16,17)13-7-4-2-6(11)3-5-7/h2-5,13H,1H3. The van der Waals surface area contributed by atoms with E-state index in [1.807, 2.05) is 12.1 Å². The molecule has 1 aromatic heterocycles. The number of hydrogen-bond donors (Lipinski definition) is 1. The van der Waals surface area contributed by atoms with Crippen LogP contribution in [0.5, 0.6) is 0 Å². The first-order valence-corrected chi connectivity index (χ1v) is 8.09. The van der Waals surface area contributed by atoms with Crippen LogP contribution in [0, 0.1) is 3.57 Å². The predicted molar refractivity (Wildman–Crippen MR) is 78.7 cm³/mol. The van der Waals surface area contributed by atoms with E-state index in [9.17, 15) is 8.42 Å². The predicted octanol–water partition coefficient (Wildman–Crippen LogP) is 1.98. The molecule has 0 saturated carbocycles. The van der Waals surface area contributed by atoms with Gasteiger partial charge in [0.25, 0.3) is 10.0 Å². The molecule has 0 bridgehead atoms. The maximum absolute atomic E-state index is 12.1. The van der Waals surface area contributed by atoms with E-state index in [0.717, 1.165) is 3.57 Å². The molecule has 0 aliphatic carbocycles. The Kier molecular flexibility index (Phi) is 3.92. The number of sulfonamides is 1. The lowest BCUT2D eigenvalue weighted by Gasteiger charge is -2.07. The van der Waals surface area contributed by atoms with Crippen molar-refractivity contribution in [1.82, 2.24) is 15.0 Å². The number of nitrogens with one attached hydrogen (secondary N) is 1. The van der Waals surface area contributed by atoms with Gasteiger partial charge in [-0.05, 0) is 62.8 Å². The fourth-order valence-electron chi connectivity index (χ4n) is 1.33. The van der Waals surface area contributed by atoms with Crippen molar-refractivity contribution >= 4 is 54.2 Å². The van der Waals surface area contributed by atoms with Crippen LogP contribution in [-0.2, 0) is 17.1 Å². The lowest BCUT2D eigenvalue weighted by molar-refractivity contribution is 0.578. The van der Waals surface area contributed by atoms with E-state index in [1.54, 1.807) is 12.1 Å². The number of halogens is 2. The maximum Gasteiger partial charge on any atom is 0.281 e. The highest BCUT2D eigenvalue weighted by Gasteiger charge is 2.23. The normalized spacial score (nSPS) is 11.5. The summed E-state index contributed by atoms with van der Waals surface area (Å²) in [5.74, 6) is 0. The third-order valence-corrected chi connectivity index (χ3v) is 5.07. The molecule has 0 aliphatic heterocycles. The molecule has 0 fully saturated rings. The Hall–Kier alpha value is -0.680. The molecule has 9 heteroatoms. The van der Waals surface area contributed by atoms with Crippen molar-refractivity contribution in [3.8, 4) is 0 Å². The van der Waals surface area contributed by atoms with Crippen LogP contribution in [0.2, 0.25) is 0 Å². The third-order valence-electron chi connectivity index (χ3n) is 2.09. The molecule has 0 unspecified atom stereocenters. The second kappa shape index (κ2) is 5.13. The summed E-state index contributed by atoms with van der Waals surface area (Å²) in [4.78, 5) is 0. The molecule has 1 N–H and O–H groups in total. The topological polar surface area (TPSA) is 76.9 Å². The molecule has 0 spiro atoms. The summed E-state index contributed by atoms with van der Waals surface area (Å²) in [6.07, 6.45) is 0. The van der Waals surface area contributed by atoms with Gasteiger partial charge in [0, 0.05) is 16.3 Å². The fourth-order valence-corrected chi connectivity index (χ4v) is 3.85. The van der Waals surface area contributed by atoms with E-state index < -0.39 is 10.0 Å². The van der Waals surface area contributed by atoms with E-state index in [0.29, 0.717) is 5.69 Å². The number of rotatable bonds is 3. The summed E-state index contributed by atoms with van der Waals surface area (Å²) in [5.41, 5.74) is 0.489. The van der Waals surface area contributed by atoms with Crippen LogP contribution in [0.1, 0.15) is 0 Å². The first-order valence-electron chi connectivity index (χ1n) is 4.74. The van der Waals surface area contributed by atoms with Gasteiger partial charge >= 0.3 is 0 Å². The average molecular weight is 443 g/mol. The molecule has 0 radical (unpaired) electrons. The lowest BCUT2D eigenvalue weighted by Crippen LogP contribution is -2.17. The Morgan fingerprint density at radius 2 is 1.94 bits per heavy atom. The summed E-state index contributed by atoms with van der Waals surface area (Å²) >= 11 is 5.21. The highest BCUT2D eigenvalue weighted by atomic mass is 127. The van der Waals surface area contributed by atoms with E-state index in [2.05, 4.69) is 53.6 Å². The minimum absolute atomic E-state index is 0.0129. The largest absolute Gasteiger partial charge is 0.281 e. The van der Waals surface area contributed by atoms with Gasteiger partial charge in [-0.15, -0.1) is 5.10 Å². The van der Waals surface area contributed by atoms with Crippen molar-refractivity contribution in [2.75, 3.05) is 4.72 Å². The summed E-state index contributed by atoms with van der Waals surface area (Å²) in [6, 6.07) is 7.01. The molecule has 2 rings (SSSR count). The number of benzene rings is 1. The summed E-state index contributed by atoms with van der Waals surface area (Å²) in [5, 5.41) is 7.27. The Bertz CT molecular complexity index is 649. The van der Waals surface area contributed by atoms with Crippen LogP contribution >= 0.6 is 38.5 Å². The zero-order chi connectivity index (χ0) is 13.3. The monoisotopic (exact) mass is 442 g/mol. The molecule has 6 nitrogen and oxygen atoms in total. The Balaban J connectivity index is 2.36. The van der Waals surface area contributed by atoms with Gasteiger partial charge in [-0.1, -0.05) is 5.21 Å². The van der Waals surface area contributed by atoms with Gasteiger partial charge in [-0.2, -0.15) is 8.42 Å². The zero-order valence-electron chi connectivity index (χ0n) is 9.13. The van der Waals surface area contributed by atoms with Crippen LogP contribution in [0.3, 0.4) is 0 Å². The van der Waals surface area contributed by atoms with Gasteiger partial charge in [0.1, 0.15) is 0 Å². The minimum atomic E-state index is -3.71. The van der Waals surface area contributed by atoms with Crippen LogP contribution in [0.25, 0.3) is 0 Å². The molecule has 2 aromatic rings. The summed E-state index contributed by atoms with van der Waals surface area (Å²) in [6.45, 7) is 0. The van der Waals surface area contributed by atoms with Crippen molar-refractivity contribution < 1.29 is 8.42 Å². The van der Waals surface area contributed by atoms with Gasteiger partial charge in [0.2, 0.25) is 5.03 Å². The number of aryl methyl sites for hydroxylation is 1. The van der Waals surface area contributed by atoms with E-state index in [4.69, 9.17) is 0 Å². The van der Waals surface area contributed by atoms with Crippen LogP contribution < -0.4 is 4.72 Å². The van der Waals surface area contributed by atoms with Gasteiger partial charge in [-0.25, -0.2) is 4.68 Å². The van der Waals surface area contributed by atoms with Crippen LogP contribution in [-0.4, -0.2) is 23.4 Å². The van der Waals surface area contributed by atoms with Gasteiger partial charge in [-0.3, -0.25) is 4.72 Å². The SMILES string of the molecule is Cn1nnc(Br)c1S(=O)(=O)Nc1ccc(I)cc1. The number of nitrogens with zero attached hydrogens (tertiary/aromatic N) is 3. The number of aromatic nitrogens is 3. The second-order valence-corrected chi connectivity index (χ2v) is 7.02. The van der Waals surface area contributed by atoms with Gasteiger partial charge in [0.05, 0.1) is 0 Å². The smallest absolute Gasteiger partial charge is 0.278 e. The van der Waals surface area contributed by atoms with Crippen molar-refractivity contribution in [2.24, 2.45) is 7.05 Å². The fraction of sp³-hybridized carbons (Fsp3) is 0.111. The first-order chi connectivity index (χ1) is 8.40. The summed E-state index contributed by atoms with van der Waals surface area (Å²) in [7, 11) is -2.19. The molecule has 0 amide bonds. The maximum atomic E-state index is 12.1. The number of anilines is 1. The summed E-state index contributed by atoms with van der Waals surface area (Å²) < 4.78 is 29.2. The van der Waals surface area contributed by atoms with Gasteiger partial charge in [0.15, 0.2) is 4.60 Å². The van der Waals surface area contributed by atoms with E-state index in [1.165, 1.54) is 11.7 Å². The average Bonchev–Trinajstić information content (AvgIpc) is 2.62. The van der Waals surface area contributed by atoms with Crippen LogP contribution in [0.15, 0.2) is 33.9 Å². The van der Waals surface area contributed by atoms with Gasteiger partial charge < -0.3 is 0 Å². The van der Waals surface area contributed by atoms with Crippen molar-refractivity contribution in [3.05, 3.63) is 32.4 Å². The van der Waals surface area contributed by atoms with Crippen LogP contribution in [0.4, 0.5) is 5.69 Å². The number of hydrogen-bond acceptors (Lipinski definition) is 4. The second-order valence-electron chi connectivity index (χ2n) is 3.42. The molecule has 96 valence electrons. The molecule has 1 heterocycles. The molecule has 1 aromatic carbocycles. The van der Waals surface area contributed by atoms with E-state index in [-0.39, 0.29) is 9.63 Å². The van der Waals surface area contributed by atoms with Crippen molar-refractivity contribution in [1.29, 1.82) is 0 Å². The Morgan fingerprint density at radius 1 is 1.33 bits per heavy atom. The highest BCUT2D eigenvalue weighted by molar-refractivity contribution is 14.1. The minimum Gasteiger partial charge on any atom is -0.278 e. The van der Waals surface area contributed by atoms with Crippen molar-refractivity contribution in [3.63, 3.8) is 0 Å². The quantitative estimate of drug-likeness (QED) is 0.737. The highest BCUT2D eigenvalue weighted by Crippen LogP contribution is 2.21. The Labute approximate surface area is 126 Å². The third kappa shape index (κ3) is 2.83. The van der Waals surface area contributed by atoms with E-state index >= 15 is 0 Å². The molecular weight excluding hydrogens is 435 g/mol. The van der Waals surface area contributed by atoms with Crippen molar-refractivity contribution in [2.45, 2.75) is 5.03 Å². The first kappa shape index (κ1) is 13.7. The zero-order valence-corrected chi connectivity index (χ0v) is 13.7.